The highest BCUT2D eigenvalue weighted by molar-refractivity contribution is 7.11. The van der Waals surface area contributed by atoms with Crippen molar-refractivity contribution in [3.63, 3.8) is 0 Å². The lowest BCUT2D eigenvalue weighted by Crippen LogP contribution is -2.19. The predicted octanol–water partition coefficient (Wildman–Crippen LogP) is 3.36. The minimum atomic E-state index is -1.11. The van der Waals surface area contributed by atoms with Gasteiger partial charge in [-0.05, 0) is 45.7 Å². The fourth-order valence-electron chi connectivity index (χ4n) is 3.14. The van der Waals surface area contributed by atoms with E-state index in [0.29, 0.717) is 42.5 Å². The van der Waals surface area contributed by atoms with E-state index in [0.717, 1.165) is 27.7 Å². The van der Waals surface area contributed by atoms with Crippen molar-refractivity contribution in [2.24, 2.45) is 5.92 Å². The largest absolute Gasteiger partial charge is 0.477 e. The Hall–Kier alpha value is -2.65. The Kier molecular flexibility index (Phi) is 5.66. The normalized spacial score (nSPS) is 18.3. The number of hydrogen-bond donors (Lipinski definition) is 2. The van der Waals surface area contributed by atoms with Crippen LogP contribution in [0.5, 0.6) is 5.88 Å². The van der Waals surface area contributed by atoms with Gasteiger partial charge in [0.15, 0.2) is 0 Å². The van der Waals surface area contributed by atoms with Gasteiger partial charge >= 0.3 is 0 Å². The Morgan fingerprint density at radius 3 is 2.73 bits per heavy atom. The number of pyridine rings is 1. The number of nitrogens with one attached hydrogen (secondary N) is 1. The summed E-state index contributed by atoms with van der Waals surface area (Å²) in [5.74, 6) is 1.69. The number of hydrogen-bond acceptors (Lipinski definition) is 9. The van der Waals surface area contributed by atoms with E-state index in [1.165, 1.54) is 11.3 Å². The van der Waals surface area contributed by atoms with Gasteiger partial charge in [-0.2, -0.15) is 4.98 Å². The summed E-state index contributed by atoms with van der Waals surface area (Å²) in [7, 11) is 0. The Morgan fingerprint density at radius 2 is 2.07 bits per heavy atom. The van der Waals surface area contributed by atoms with E-state index in [1.54, 1.807) is 19.9 Å². The summed E-state index contributed by atoms with van der Waals surface area (Å²) in [6.07, 6.45) is 2.96. The molecule has 0 aromatic carbocycles. The average molecular weight is 427 g/mol. The van der Waals surface area contributed by atoms with Gasteiger partial charge in [-0.1, -0.05) is 17.4 Å². The first-order valence-corrected chi connectivity index (χ1v) is 10.8. The number of nitrogens with zero attached hydrogens (tertiary/aromatic N) is 5. The van der Waals surface area contributed by atoms with Crippen LogP contribution in [0.2, 0.25) is 0 Å². The smallest absolute Gasteiger partial charge is 0.226 e. The number of aliphatic hydroxyl groups is 1. The van der Waals surface area contributed by atoms with Crippen LogP contribution in [0.15, 0.2) is 24.4 Å². The lowest BCUT2D eigenvalue weighted by atomic mass is 10.1. The molecule has 3 aromatic heterocycles. The highest BCUT2D eigenvalue weighted by atomic mass is 32.1. The molecule has 0 spiro atoms. The summed E-state index contributed by atoms with van der Waals surface area (Å²) in [6, 6.07) is 5.88. The third-order valence-corrected chi connectivity index (χ3v) is 5.82. The van der Waals surface area contributed by atoms with Gasteiger partial charge < -0.3 is 15.2 Å². The fraction of sp³-hybridized carbons (Fsp3) is 0.476. The molecule has 8 nitrogen and oxygen atoms in total. The molecular formula is C21H26N6O2S. The van der Waals surface area contributed by atoms with E-state index in [2.05, 4.69) is 42.6 Å². The van der Waals surface area contributed by atoms with Crippen LogP contribution in [-0.4, -0.2) is 36.9 Å². The third kappa shape index (κ3) is 5.09. The van der Waals surface area contributed by atoms with Crippen molar-refractivity contribution in [3.8, 4) is 5.88 Å². The number of aryl methyl sites for hydroxylation is 2. The Morgan fingerprint density at radius 1 is 1.23 bits per heavy atom. The number of rotatable bonds is 8. The summed E-state index contributed by atoms with van der Waals surface area (Å²) < 4.78 is 5.98. The van der Waals surface area contributed by atoms with Crippen LogP contribution in [0.3, 0.4) is 0 Å². The van der Waals surface area contributed by atoms with Crippen LogP contribution in [-0.2, 0) is 12.1 Å². The van der Waals surface area contributed by atoms with Crippen molar-refractivity contribution in [1.82, 2.24) is 25.1 Å². The van der Waals surface area contributed by atoms with Crippen LogP contribution >= 0.6 is 11.3 Å². The number of anilines is 1. The topological polar surface area (TPSA) is 106 Å². The van der Waals surface area contributed by atoms with Crippen molar-refractivity contribution >= 4 is 17.3 Å². The monoisotopic (exact) mass is 426 g/mol. The lowest BCUT2D eigenvalue weighted by molar-refractivity contribution is 0.0733. The molecule has 3 aromatic rings. The molecule has 1 saturated carbocycles. The standard InChI is InChI=1S/C21H26N6O2S/c1-12-5-6-16(22-9-12)15-7-14(15)11-29-18-8-17(21(3,4)28)24-20(25-18)23-10-19-27-26-13(2)30-19/h5-6,8-9,14-15,28H,7,10-11H2,1-4H3,(H,23,24,25)/t14-,15+/m1/s1. The van der Waals surface area contributed by atoms with Crippen LogP contribution in [0, 0.1) is 19.8 Å². The molecular weight excluding hydrogens is 400 g/mol. The third-order valence-electron chi connectivity index (χ3n) is 4.98. The molecule has 1 aliphatic rings. The van der Waals surface area contributed by atoms with Crippen molar-refractivity contribution in [2.75, 3.05) is 11.9 Å². The zero-order valence-corrected chi connectivity index (χ0v) is 18.4. The van der Waals surface area contributed by atoms with Crippen LogP contribution in [0.1, 0.15) is 53.2 Å². The quantitative estimate of drug-likeness (QED) is 0.565. The minimum Gasteiger partial charge on any atom is -0.477 e. The fourth-order valence-corrected chi connectivity index (χ4v) is 3.79. The van der Waals surface area contributed by atoms with Gasteiger partial charge in [0.1, 0.15) is 15.6 Å². The Labute approximate surface area is 179 Å². The minimum absolute atomic E-state index is 0.394. The van der Waals surface area contributed by atoms with E-state index in [-0.39, 0.29) is 0 Å². The maximum atomic E-state index is 10.4. The second-order valence-electron chi connectivity index (χ2n) is 8.22. The first-order chi connectivity index (χ1) is 14.3. The van der Waals surface area contributed by atoms with Gasteiger partial charge in [-0.15, -0.1) is 10.2 Å². The van der Waals surface area contributed by atoms with Crippen molar-refractivity contribution in [3.05, 3.63) is 51.4 Å². The van der Waals surface area contributed by atoms with Crippen LogP contribution in [0.25, 0.3) is 0 Å². The number of aromatic nitrogens is 5. The molecule has 0 amide bonds. The van der Waals surface area contributed by atoms with E-state index in [9.17, 15) is 5.11 Å². The average Bonchev–Trinajstić information content (AvgIpc) is 3.36. The van der Waals surface area contributed by atoms with E-state index in [1.807, 2.05) is 20.0 Å². The van der Waals surface area contributed by atoms with E-state index < -0.39 is 5.60 Å². The highest BCUT2D eigenvalue weighted by Gasteiger charge is 2.40. The molecule has 2 N–H and O–H groups in total. The molecule has 30 heavy (non-hydrogen) atoms. The summed E-state index contributed by atoms with van der Waals surface area (Å²) >= 11 is 1.52. The first-order valence-electron chi connectivity index (χ1n) is 9.98. The summed E-state index contributed by atoms with van der Waals surface area (Å²) in [5.41, 5.74) is 1.67. The molecule has 2 atom stereocenters. The van der Waals surface area contributed by atoms with Crippen LogP contribution < -0.4 is 10.1 Å². The molecule has 4 rings (SSSR count). The molecule has 0 saturated heterocycles. The maximum Gasteiger partial charge on any atom is 0.226 e. The van der Waals surface area contributed by atoms with Gasteiger partial charge in [-0.25, -0.2) is 4.98 Å². The predicted molar refractivity (Wildman–Crippen MR) is 115 cm³/mol. The molecule has 0 unspecified atom stereocenters. The van der Waals surface area contributed by atoms with Crippen LogP contribution in [0.4, 0.5) is 5.95 Å². The van der Waals surface area contributed by atoms with Gasteiger partial charge in [0.2, 0.25) is 11.8 Å². The van der Waals surface area contributed by atoms with Gasteiger partial charge in [0.05, 0.1) is 18.8 Å². The lowest BCUT2D eigenvalue weighted by Gasteiger charge is -2.18. The molecule has 0 radical (unpaired) electrons. The molecule has 0 bridgehead atoms. The Balaban J connectivity index is 1.42. The van der Waals surface area contributed by atoms with E-state index >= 15 is 0 Å². The van der Waals surface area contributed by atoms with Gasteiger partial charge in [0, 0.05) is 29.8 Å². The maximum absolute atomic E-state index is 10.4. The summed E-state index contributed by atoms with van der Waals surface area (Å²) in [6.45, 7) is 8.35. The molecule has 158 valence electrons. The number of ether oxygens (including phenoxy) is 1. The molecule has 9 heteroatoms. The van der Waals surface area contributed by atoms with Gasteiger partial charge in [0.25, 0.3) is 0 Å². The molecule has 1 aliphatic carbocycles. The SMILES string of the molecule is Cc1ccc([C@H]2C[C@@H]2COc2cc(C(C)(C)O)nc(NCc3nnc(C)s3)n2)nc1. The molecule has 3 heterocycles. The van der Waals surface area contributed by atoms with E-state index in [4.69, 9.17) is 4.74 Å². The highest BCUT2D eigenvalue weighted by Crippen LogP contribution is 2.46. The second-order valence-corrected chi connectivity index (χ2v) is 9.48. The molecule has 0 aliphatic heterocycles. The Bertz CT molecular complexity index is 1020. The van der Waals surface area contributed by atoms with Gasteiger partial charge in [-0.3, -0.25) is 4.98 Å². The first kappa shape index (κ1) is 20.6. The van der Waals surface area contributed by atoms with Crippen molar-refractivity contribution in [2.45, 2.75) is 52.2 Å². The summed E-state index contributed by atoms with van der Waals surface area (Å²) in [4.78, 5) is 13.4. The molecule has 1 fully saturated rings. The summed E-state index contributed by atoms with van der Waals surface area (Å²) in [5, 5.41) is 23.4. The van der Waals surface area contributed by atoms with Crippen molar-refractivity contribution < 1.29 is 9.84 Å². The van der Waals surface area contributed by atoms with Crippen molar-refractivity contribution in [1.29, 1.82) is 0 Å². The zero-order valence-electron chi connectivity index (χ0n) is 17.6. The second kappa shape index (κ2) is 8.23. The zero-order chi connectivity index (χ0) is 21.3.